The van der Waals surface area contributed by atoms with Crippen molar-refractivity contribution in [3.05, 3.63) is 29.8 Å². The number of anilines is 1. The Morgan fingerprint density at radius 1 is 1.35 bits per heavy atom. The van der Waals surface area contributed by atoms with Crippen molar-refractivity contribution in [3.63, 3.8) is 0 Å². The third kappa shape index (κ3) is 3.18. The molecule has 0 radical (unpaired) electrons. The topological polar surface area (TPSA) is 46.6 Å². The number of unbranched alkanes of at least 4 members (excludes halogenated alkanes) is 1. The minimum absolute atomic E-state index is 0.0123. The predicted molar refractivity (Wildman–Crippen MR) is 77.5 cm³/mol. The maximum atomic E-state index is 12.0. The number of nitrogens with zero attached hydrogens (tertiary/aromatic N) is 1. The molecule has 0 saturated carbocycles. The Kier molecular flexibility index (Phi) is 4.77. The van der Waals surface area contributed by atoms with Crippen LogP contribution in [0.15, 0.2) is 24.3 Å². The molecule has 108 valence electrons. The molecule has 0 N–H and O–H groups in total. The summed E-state index contributed by atoms with van der Waals surface area (Å²) in [6.45, 7) is 2.59. The van der Waals surface area contributed by atoms with Gasteiger partial charge in [0.05, 0.1) is 13.0 Å². The lowest BCUT2D eigenvalue weighted by Gasteiger charge is -2.16. The highest BCUT2D eigenvalue weighted by Gasteiger charge is 2.35. The van der Waals surface area contributed by atoms with E-state index in [-0.39, 0.29) is 24.2 Å². The standard InChI is InChI=1S/C16H21NO3/c1-3-4-5-12-6-8-14(9-7-12)17-11-13(10-15(17)18)16(19)20-2/h6-9,13H,3-5,10-11H2,1-2H3/t13-/m1/s1. The third-order valence-corrected chi connectivity index (χ3v) is 3.73. The van der Waals surface area contributed by atoms with Crippen molar-refractivity contribution >= 4 is 17.6 Å². The van der Waals surface area contributed by atoms with Gasteiger partial charge in [-0.3, -0.25) is 9.59 Å². The smallest absolute Gasteiger partial charge is 0.311 e. The van der Waals surface area contributed by atoms with Crippen molar-refractivity contribution in [2.24, 2.45) is 5.92 Å². The predicted octanol–water partition coefficient (Wildman–Crippen LogP) is 2.56. The van der Waals surface area contributed by atoms with Crippen LogP contribution in [0.5, 0.6) is 0 Å². The molecular weight excluding hydrogens is 254 g/mol. The van der Waals surface area contributed by atoms with E-state index in [9.17, 15) is 9.59 Å². The van der Waals surface area contributed by atoms with Crippen molar-refractivity contribution < 1.29 is 14.3 Å². The first-order chi connectivity index (χ1) is 9.65. The molecular formula is C16H21NO3. The van der Waals surface area contributed by atoms with Crippen LogP contribution in [0.25, 0.3) is 0 Å². The summed E-state index contributed by atoms with van der Waals surface area (Å²) < 4.78 is 4.71. The monoisotopic (exact) mass is 275 g/mol. The van der Waals surface area contributed by atoms with Gasteiger partial charge in [0.2, 0.25) is 5.91 Å². The van der Waals surface area contributed by atoms with E-state index in [4.69, 9.17) is 4.74 Å². The number of methoxy groups -OCH3 is 1. The van der Waals surface area contributed by atoms with Crippen LogP contribution < -0.4 is 4.90 Å². The van der Waals surface area contributed by atoms with E-state index in [1.54, 1.807) is 4.90 Å². The molecule has 0 bridgehead atoms. The molecule has 4 nitrogen and oxygen atoms in total. The second-order valence-electron chi connectivity index (χ2n) is 5.20. The summed E-state index contributed by atoms with van der Waals surface area (Å²) in [4.78, 5) is 25.2. The number of rotatable bonds is 5. The van der Waals surface area contributed by atoms with Crippen LogP contribution >= 0.6 is 0 Å². The quantitative estimate of drug-likeness (QED) is 0.776. The van der Waals surface area contributed by atoms with Crippen LogP contribution in [-0.4, -0.2) is 25.5 Å². The molecule has 1 atom stereocenters. The number of aryl methyl sites for hydroxylation is 1. The molecule has 0 spiro atoms. The van der Waals surface area contributed by atoms with Crippen molar-refractivity contribution in [2.45, 2.75) is 32.6 Å². The summed E-state index contributed by atoms with van der Waals surface area (Å²) in [5, 5.41) is 0. The third-order valence-electron chi connectivity index (χ3n) is 3.73. The summed E-state index contributed by atoms with van der Waals surface area (Å²) in [6.07, 6.45) is 3.65. The van der Waals surface area contributed by atoms with Crippen LogP contribution in [0.4, 0.5) is 5.69 Å². The zero-order valence-electron chi connectivity index (χ0n) is 12.1. The number of ether oxygens (including phenoxy) is 1. The molecule has 20 heavy (non-hydrogen) atoms. The van der Waals surface area contributed by atoms with Crippen LogP contribution in [0.3, 0.4) is 0 Å². The van der Waals surface area contributed by atoms with E-state index >= 15 is 0 Å². The molecule has 1 fully saturated rings. The van der Waals surface area contributed by atoms with E-state index in [1.165, 1.54) is 25.5 Å². The van der Waals surface area contributed by atoms with E-state index in [2.05, 4.69) is 19.1 Å². The first kappa shape index (κ1) is 14.6. The molecule has 2 rings (SSSR count). The number of hydrogen-bond donors (Lipinski definition) is 0. The summed E-state index contributed by atoms with van der Waals surface area (Å²) in [6, 6.07) is 8.04. The lowest BCUT2D eigenvalue weighted by atomic mass is 10.1. The Morgan fingerprint density at radius 3 is 2.65 bits per heavy atom. The van der Waals surface area contributed by atoms with Crippen molar-refractivity contribution in [2.75, 3.05) is 18.6 Å². The van der Waals surface area contributed by atoms with E-state index in [0.29, 0.717) is 6.54 Å². The van der Waals surface area contributed by atoms with Crippen LogP contribution in [-0.2, 0) is 20.7 Å². The summed E-state index contributed by atoms with van der Waals surface area (Å²) >= 11 is 0. The zero-order chi connectivity index (χ0) is 14.5. The van der Waals surface area contributed by atoms with Crippen LogP contribution in [0, 0.1) is 5.92 Å². The van der Waals surface area contributed by atoms with Gasteiger partial charge in [-0.15, -0.1) is 0 Å². The number of carbonyl (C=O) groups is 2. The zero-order valence-corrected chi connectivity index (χ0v) is 12.1. The van der Waals surface area contributed by atoms with Gasteiger partial charge < -0.3 is 9.64 Å². The Labute approximate surface area is 119 Å². The van der Waals surface area contributed by atoms with E-state index in [0.717, 1.165) is 12.1 Å². The average Bonchev–Trinajstić information content (AvgIpc) is 2.87. The van der Waals surface area contributed by atoms with Gasteiger partial charge in [-0.25, -0.2) is 0 Å². The van der Waals surface area contributed by atoms with Gasteiger partial charge in [0, 0.05) is 18.7 Å². The van der Waals surface area contributed by atoms with E-state index < -0.39 is 0 Å². The Hall–Kier alpha value is -1.84. The second kappa shape index (κ2) is 6.55. The van der Waals surface area contributed by atoms with Gasteiger partial charge in [0.1, 0.15) is 0 Å². The van der Waals surface area contributed by atoms with Crippen LogP contribution in [0.1, 0.15) is 31.7 Å². The first-order valence-corrected chi connectivity index (χ1v) is 7.12. The molecule has 1 aliphatic heterocycles. The SMILES string of the molecule is CCCCc1ccc(N2C[C@H](C(=O)OC)CC2=O)cc1. The Bertz CT molecular complexity index is 481. The van der Waals surface area contributed by atoms with E-state index in [1.807, 2.05) is 12.1 Å². The van der Waals surface area contributed by atoms with Crippen molar-refractivity contribution in [3.8, 4) is 0 Å². The minimum atomic E-state index is -0.340. The number of carbonyl (C=O) groups excluding carboxylic acids is 2. The molecule has 0 aliphatic carbocycles. The van der Waals surface area contributed by atoms with Gasteiger partial charge >= 0.3 is 5.97 Å². The number of benzene rings is 1. The summed E-state index contributed by atoms with van der Waals surface area (Å²) in [7, 11) is 1.36. The van der Waals surface area contributed by atoms with Crippen molar-refractivity contribution in [1.82, 2.24) is 0 Å². The number of amides is 1. The lowest BCUT2D eigenvalue weighted by molar-refractivity contribution is -0.145. The highest BCUT2D eigenvalue weighted by atomic mass is 16.5. The van der Waals surface area contributed by atoms with Gasteiger partial charge in [-0.1, -0.05) is 25.5 Å². The van der Waals surface area contributed by atoms with Gasteiger partial charge in [0.15, 0.2) is 0 Å². The van der Waals surface area contributed by atoms with Crippen molar-refractivity contribution in [1.29, 1.82) is 0 Å². The highest BCUT2D eigenvalue weighted by molar-refractivity contribution is 5.99. The largest absolute Gasteiger partial charge is 0.469 e. The fourth-order valence-corrected chi connectivity index (χ4v) is 2.51. The van der Waals surface area contributed by atoms with Gasteiger partial charge in [0.25, 0.3) is 0 Å². The van der Waals surface area contributed by atoms with Crippen LogP contribution in [0.2, 0.25) is 0 Å². The van der Waals surface area contributed by atoms with Gasteiger partial charge in [-0.2, -0.15) is 0 Å². The Balaban J connectivity index is 2.04. The molecule has 4 heteroatoms. The molecule has 1 amide bonds. The molecule has 1 aliphatic rings. The lowest BCUT2D eigenvalue weighted by Crippen LogP contribution is -2.26. The summed E-state index contributed by atoms with van der Waals surface area (Å²) in [5.74, 6) is -0.658. The molecule has 1 heterocycles. The summed E-state index contributed by atoms with van der Waals surface area (Å²) in [5.41, 5.74) is 2.15. The molecule has 1 saturated heterocycles. The number of esters is 1. The fourth-order valence-electron chi connectivity index (χ4n) is 2.51. The van der Waals surface area contributed by atoms with Gasteiger partial charge in [-0.05, 0) is 30.5 Å². The first-order valence-electron chi connectivity index (χ1n) is 7.12. The normalized spacial score (nSPS) is 18.4. The molecule has 0 aromatic heterocycles. The Morgan fingerprint density at radius 2 is 2.05 bits per heavy atom. The maximum Gasteiger partial charge on any atom is 0.311 e. The fraction of sp³-hybridized carbons (Fsp3) is 0.500. The minimum Gasteiger partial charge on any atom is -0.469 e. The average molecular weight is 275 g/mol. The molecule has 1 aromatic carbocycles. The maximum absolute atomic E-state index is 12.0. The molecule has 1 aromatic rings. The number of hydrogen-bond acceptors (Lipinski definition) is 3. The molecule has 0 unspecified atom stereocenters. The highest BCUT2D eigenvalue weighted by Crippen LogP contribution is 2.26. The second-order valence-corrected chi connectivity index (χ2v) is 5.20.